The van der Waals surface area contributed by atoms with E-state index in [4.69, 9.17) is 4.74 Å². The van der Waals surface area contributed by atoms with E-state index in [9.17, 15) is 14.7 Å². The maximum absolute atomic E-state index is 12.3. The summed E-state index contributed by atoms with van der Waals surface area (Å²) in [6.45, 7) is 0. The Labute approximate surface area is 142 Å². The van der Waals surface area contributed by atoms with E-state index in [2.05, 4.69) is 15.5 Å². The molecule has 0 bridgehead atoms. The number of hydrogen-bond acceptors (Lipinski definition) is 5. The number of fused-ring (bicyclic) bond motifs is 1. The lowest BCUT2D eigenvalue weighted by Gasteiger charge is -2.05. The van der Waals surface area contributed by atoms with Crippen LogP contribution < -0.4 is 15.7 Å². The van der Waals surface area contributed by atoms with Gasteiger partial charge >= 0.3 is 0 Å². The van der Waals surface area contributed by atoms with Gasteiger partial charge in [-0.2, -0.15) is 5.10 Å². The normalized spacial score (nSPS) is 10.9. The highest BCUT2D eigenvalue weighted by atomic mass is 16.5. The summed E-state index contributed by atoms with van der Waals surface area (Å²) in [5.41, 5.74) is 3.14. The molecule has 0 radical (unpaired) electrons. The van der Waals surface area contributed by atoms with E-state index in [0.717, 1.165) is 0 Å². The molecule has 1 heterocycles. The molecule has 0 aliphatic carbocycles. The van der Waals surface area contributed by atoms with Gasteiger partial charge in [-0.15, -0.1) is 0 Å². The molecule has 25 heavy (non-hydrogen) atoms. The van der Waals surface area contributed by atoms with Gasteiger partial charge in [0.1, 0.15) is 11.5 Å². The van der Waals surface area contributed by atoms with Gasteiger partial charge in [0, 0.05) is 22.5 Å². The summed E-state index contributed by atoms with van der Waals surface area (Å²) in [4.78, 5) is 26.7. The van der Waals surface area contributed by atoms with Crippen molar-refractivity contribution in [3.63, 3.8) is 0 Å². The number of aromatic hydroxyl groups is 1. The maximum atomic E-state index is 12.3. The first-order valence-electron chi connectivity index (χ1n) is 7.41. The molecule has 0 saturated heterocycles. The quantitative estimate of drug-likeness (QED) is 0.500. The maximum Gasteiger partial charge on any atom is 0.272 e. The third-order valence-electron chi connectivity index (χ3n) is 3.60. The van der Waals surface area contributed by atoms with Crippen molar-refractivity contribution in [3.05, 3.63) is 70.0 Å². The van der Waals surface area contributed by atoms with Gasteiger partial charge < -0.3 is 14.8 Å². The van der Waals surface area contributed by atoms with Gasteiger partial charge in [0.05, 0.1) is 18.9 Å². The summed E-state index contributed by atoms with van der Waals surface area (Å²) in [5, 5.41) is 14.2. The number of ether oxygens (including phenoxy) is 1. The van der Waals surface area contributed by atoms with Crippen LogP contribution in [0.15, 0.2) is 58.4 Å². The number of nitrogens with one attached hydrogen (secondary N) is 2. The fourth-order valence-corrected chi connectivity index (χ4v) is 2.38. The summed E-state index contributed by atoms with van der Waals surface area (Å²) >= 11 is 0. The molecule has 2 aromatic carbocycles. The van der Waals surface area contributed by atoms with Crippen LogP contribution in [0, 0.1) is 0 Å². The fraction of sp³-hybridized carbons (Fsp3) is 0.0556. The number of benzene rings is 2. The average molecular weight is 337 g/mol. The molecule has 0 aliphatic rings. The number of amides is 1. The number of rotatable bonds is 4. The number of H-pyrrole nitrogens is 1. The summed E-state index contributed by atoms with van der Waals surface area (Å²) in [6, 6.07) is 12.9. The molecule has 3 N–H and O–H groups in total. The van der Waals surface area contributed by atoms with Crippen molar-refractivity contribution in [1.82, 2.24) is 10.4 Å². The molecule has 3 aromatic rings. The van der Waals surface area contributed by atoms with Gasteiger partial charge in [0.25, 0.3) is 5.91 Å². The van der Waals surface area contributed by atoms with Crippen LogP contribution in [0.4, 0.5) is 0 Å². The molecule has 7 heteroatoms. The topological polar surface area (TPSA) is 104 Å². The monoisotopic (exact) mass is 337 g/mol. The summed E-state index contributed by atoms with van der Waals surface area (Å²) < 4.78 is 5.07. The lowest BCUT2D eigenvalue weighted by Crippen LogP contribution is -2.20. The Kier molecular flexibility index (Phi) is 4.47. The molecule has 3 rings (SSSR count). The van der Waals surface area contributed by atoms with Crippen molar-refractivity contribution in [2.24, 2.45) is 5.10 Å². The third kappa shape index (κ3) is 3.50. The van der Waals surface area contributed by atoms with Crippen LogP contribution in [-0.2, 0) is 0 Å². The van der Waals surface area contributed by atoms with E-state index >= 15 is 0 Å². The fourth-order valence-electron chi connectivity index (χ4n) is 2.38. The predicted octanol–water partition coefficient (Wildman–Crippen LogP) is 2.01. The first-order valence-corrected chi connectivity index (χ1v) is 7.41. The summed E-state index contributed by atoms with van der Waals surface area (Å²) in [5.74, 6) is 0.0208. The molecule has 0 unspecified atom stereocenters. The van der Waals surface area contributed by atoms with E-state index in [-0.39, 0.29) is 16.9 Å². The molecule has 7 nitrogen and oxygen atoms in total. The number of para-hydroxylation sites is 1. The summed E-state index contributed by atoms with van der Waals surface area (Å²) in [7, 11) is 1.51. The van der Waals surface area contributed by atoms with Crippen molar-refractivity contribution in [3.8, 4) is 11.5 Å². The highest BCUT2D eigenvalue weighted by molar-refractivity contribution is 6.06. The molecule has 0 saturated carbocycles. The number of phenolic OH excluding ortho intramolecular Hbond substituents is 1. The Hall–Kier alpha value is -3.61. The molecule has 0 atom stereocenters. The van der Waals surface area contributed by atoms with E-state index in [1.807, 2.05) is 0 Å². The largest absolute Gasteiger partial charge is 0.507 e. The van der Waals surface area contributed by atoms with E-state index in [0.29, 0.717) is 22.2 Å². The number of carbonyl (C=O) groups excluding carboxylic acids is 1. The van der Waals surface area contributed by atoms with Crippen molar-refractivity contribution < 1.29 is 14.6 Å². The van der Waals surface area contributed by atoms with Crippen LogP contribution in [0.5, 0.6) is 11.5 Å². The number of methoxy groups -OCH3 is 1. The Morgan fingerprint density at radius 2 is 2.04 bits per heavy atom. The number of hydrazone groups is 1. The van der Waals surface area contributed by atoms with Gasteiger partial charge in [-0.05, 0) is 24.3 Å². The van der Waals surface area contributed by atoms with Gasteiger partial charge in [-0.3, -0.25) is 9.59 Å². The number of phenols is 1. The zero-order valence-electron chi connectivity index (χ0n) is 13.3. The van der Waals surface area contributed by atoms with Crippen LogP contribution in [-0.4, -0.2) is 29.3 Å². The number of hydrogen-bond donors (Lipinski definition) is 3. The van der Waals surface area contributed by atoms with E-state index in [1.165, 1.54) is 25.5 Å². The number of nitrogens with zero attached hydrogens (tertiary/aromatic N) is 1. The van der Waals surface area contributed by atoms with Crippen LogP contribution in [0.3, 0.4) is 0 Å². The van der Waals surface area contributed by atoms with Crippen molar-refractivity contribution in [1.29, 1.82) is 0 Å². The Balaban J connectivity index is 1.85. The molecule has 1 aromatic heterocycles. The minimum Gasteiger partial charge on any atom is -0.507 e. The van der Waals surface area contributed by atoms with Crippen molar-refractivity contribution in [2.75, 3.05) is 7.11 Å². The Morgan fingerprint density at radius 3 is 2.84 bits per heavy atom. The Morgan fingerprint density at radius 1 is 1.24 bits per heavy atom. The van der Waals surface area contributed by atoms with Crippen molar-refractivity contribution >= 4 is 23.0 Å². The number of carbonyl (C=O) groups is 1. The molecule has 0 spiro atoms. The lowest BCUT2D eigenvalue weighted by atomic mass is 10.1. The number of pyridine rings is 1. The van der Waals surface area contributed by atoms with Crippen LogP contribution in [0.25, 0.3) is 10.9 Å². The molecular formula is C18H15N3O4. The van der Waals surface area contributed by atoms with Gasteiger partial charge in [0.15, 0.2) is 0 Å². The zero-order valence-corrected chi connectivity index (χ0v) is 13.3. The highest BCUT2D eigenvalue weighted by Crippen LogP contribution is 2.21. The highest BCUT2D eigenvalue weighted by Gasteiger charge is 2.11. The third-order valence-corrected chi connectivity index (χ3v) is 3.60. The van der Waals surface area contributed by atoms with Gasteiger partial charge in [-0.25, -0.2) is 5.43 Å². The predicted molar refractivity (Wildman–Crippen MR) is 94.3 cm³/mol. The molecule has 0 fully saturated rings. The lowest BCUT2D eigenvalue weighted by molar-refractivity contribution is 0.0956. The van der Waals surface area contributed by atoms with E-state index in [1.54, 1.807) is 36.4 Å². The number of aromatic nitrogens is 1. The second-order valence-corrected chi connectivity index (χ2v) is 5.22. The molecular weight excluding hydrogens is 322 g/mol. The minimum absolute atomic E-state index is 0.000374. The van der Waals surface area contributed by atoms with Crippen LogP contribution in [0.1, 0.15) is 15.9 Å². The molecule has 1 amide bonds. The Bertz CT molecular complexity index is 1020. The SMILES string of the molecule is COc1ccc(O)c(/C=N\NC(=O)c2cc(=O)[nH]c3ccccc23)c1. The number of aromatic amines is 1. The molecule has 0 aliphatic heterocycles. The van der Waals surface area contributed by atoms with Gasteiger partial charge in [0.2, 0.25) is 5.56 Å². The first-order chi connectivity index (χ1) is 12.1. The second kappa shape index (κ2) is 6.88. The molecule has 126 valence electrons. The smallest absolute Gasteiger partial charge is 0.272 e. The zero-order chi connectivity index (χ0) is 17.8. The second-order valence-electron chi connectivity index (χ2n) is 5.22. The van der Waals surface area contributed by atoms with Crippen LogP contribution >= 0.6 is 0 Å². The van der Waals surface area contributed by atoms with Crippen molar-refractivity contribution in [2.45, 2.75) is 0 Å². The van der Waals surface area contributed by atoms with Gasteiger partial charge in [-0.1, -0.05) is 18.2 Å². The standard InChI is InChI=1S/C18H15N3O4/c1-25-12-6-7-16(22)11(8-12)10-19-21-18(24)14-9-17(23)20-15-5-3-2-4-13(14)15/h2-10,22H,1H3,(H,20,23)(H,21,24)/b19-10-. The first kappa shape index (κ1) is 16.3. The summed E-state index contributed by atoms with van der Waals surface area (Å²) in [6.07, 6.45) is 1.30. The minimum atomic E-state index is -0.527. The van der Waals surface area contributed by atoms with E-state index < -0.39 is 5.91 Å². The average Bonchev–Trinajstić information content (AvgIpc) is 2.62. The van der Waals surface area contributed by atoms with Crippen LogP contribution in [0.2, 0.25) is 0 Å².